The Balaban J connectivity index is 1.43. The lowest BCUT2D eigenvalue weighted by Gasteiger charge is -2.28. The van der Waals surface area contributed by atoms with Gasteiger partial charge >= 0.3 is 0 Å². The van der Waals surface area contributed by atoms with Gasteiger partial charge in [0.2, 0.25) is 0 Å². The fourth-order valence-electron chi connectivity index (χ4n) is 4.10. The summed E-state index contributed by atoms with van der Waals surface area (Å²) in [6.07, 6.45) is 2.17. The van der Waals surface area contributed by atoms with E-state index in [0.29, 0.717) is 18.3 Å². The standard InChI is InChI=1S/C23H18F2N4OS/c24-15-2-4-19(18(25)8-15)29-23(27-12-28-29)22-9-17-16-3-1-13(14-10-26-11-14)7-20(16)30-6-5-21(17)31-22/h1-4,7-9,12,14,26H,5-6,10-11H2. The van der Waals surface area contributed by atoms with E-state index in [0.717, 1.165) is 47.3 Å². The molecule has 2 aromatic carbocycles. The molecule has 1 N–H and O–H groups in total. The summed E-state index contributed by atoms with van der Waals surface area (Å²) < 4.78 is 35.2. The second-order valence-electron chi connectivity index (χ2n) is 7.75. The number of halogens is 2. The van der Waals surface area contributed by atoms with Gasteiger partial charge in [-0.15, -0.1) is 11.3 Å². The van der Waals surface area contributed by atoms with E-state index in [1.807, 2.05) is 0 Å². The Labute approximate surface area is 181 Å². The highest BCUT2D eigenvalue weighted by atomic mass is 32.1. The topological polar surface area (TPSA) is 52.0 Å². The van der Waals surface area contributed by atoms with Crippen molar-refractivity contribution in [1.29, 1.82) is 0 Å². The number of nitrogens with one attached hydrogen (secondary N) is 1. The van der Waals surface area contributed by atoms with Crippen molar-refractivity contribution in [3.63, 3.8) is 0 Å². The highest BCUT2D eigenvalue weighted by molar-refractivity contribution is 7.16. The zero-order valence-corrected chi connectivity index (χ0v) is 17.3. The zero-order valence-electron chi connectivity index (χ0n) is 16.4. The van der Waals surface area contributed by atoms with Crippen molar-refractivity contribution in [1.82, 2.24) is 20.1 Å². The van der Waals surface area contributed by atoms with Crippen LogP contribution >= 0.6 is 11.3 Å². The summed E-state index contributed by atoms with van der Waals surface area (Å²) in [5.41, 5.74) is 3.63. The van der Waals surface area contributed by atoms with Crippen LogP contribution in [0.2, 0.25) is 0 Å². The van der Waals surface area contributed by atoms with Gasteiger partial charge < -0.3 is 10.1 Å². The average molecular weight is 436 g/mol. The highest BCUT2D eigenvalue weighted by Crippen LogP contribution is 2.43. The first-order valence-electron chi connectivity index (χ1n) is 10.1. The van der Waals surface area contributed by atoms with Crippen LogP contribution in [0.5, 0.6) is 5.75 Å². The Morgan fingerprint density at radius 1 is 1.06 bits per heavy atom. The summed E-state index contributed by atoms with van der Waals surface area (Å²) in [5.74, 6) is 0.668. The van der Waals surface area contributed by atoms with E-state index in [2.05, 4.69) is 39.7 Å². The molecule has 1 fully saturated rings. The SMILES string of the molecule is Fc1ccc(-n2ncnc2-c2cc3c(s2)CCOc2cc(C4CNC4)ccc2-3)c(F)c1. The molecule has 4 aromatic rings. The van der Waals surface area contributed by atoms with Gasteiger partial charge in [-0.1, -0.05) is 12.1 Å². The molecule has 4 heterocycles. The molecule has 0 atom stereocenters. The number of ether oxygens (including phenoxy) is 1. The number of aromatic nitrogens is 3. The Hall–Kier alpha value is -3.10. The van der Waals surface area contributed by atoms with Gasteiger partial charge in [-0.3, -0.25) is 0 Å². The monoisotopic (exact) mass is 436 g/mol. The maximum absolute atomic E-state index is 14.4. The van der Waals surface area contributed by atoms with Crippen LogP contribution in [0, 0.1) is 11.6 Å². The normalized spacial score (nSPS) is 15.5. The van der Waals surface area contributed by atoms with E-state index in [-0.39, 0.29) is 5.69 Å². The molecule has 0 spiro atoms. The van der Waals surface area contributed by atoms with Crippen LogP contribution in [0.15, 0.2) is 48.8 Å². The van der Waals surface area contributed by atoms with E-state index in [4.69, 9.17) is 4.74 Å². The van der Waals surface area contributed by atoms with E-state index in [1.165, 1.54) is 33.6 Å². The summed E-state index contributed by atoms with van der Waals surface area (Å²) in [5, 5.41) is 7.50. The fraction of sp³-hybridized carbons (Fsp3) is 0.217. The Morgan fingerprint density at radius 2 is 1.97 bits per heavy atom. The highest BCUT2D eigenvalue weighted by Gasteiger charge is 2.25. The van der Waals surface area contributed by atoms with Gasteiger partial charge in [-0.2, -0.15) is 5.10 Å². The summed E-state index contributed by atoms with van der Waals surface area (Å²) in [6.45, 7) is 2.61. The number of hydrogen-bond acceptors (Lipinski definition) is 5. The van der Waals surface area contributed by atoms with Crippen LogP contribution in [0.1, 0.15) is 16.4 Å². The van der Waals surface area contributed by atoms with Gasteiger partial charge in [-0.05, 0) is 29.8 Å². The Kier molecular flexibility index (Phi) is 4.36. The predicted octanol–water partition coefficient (Wildman–Crippen LogP) is 4.56. The van der Waals surface area contributed by atoms with Gasteiger partial charge in [0, 0.05) is 47.5 Å². The smallest absolute Gasteiger partial charge is 0.173 e. The molecule has 156 valence electrons. The number of hydrogen-bond donors (Lipinski definition) is 1. The molecule has 2 aliphatic heterocycles. The van der Waals surface area contributed by atoms with Crippen molar-refractivity contribution >= 4 is 11.3 Å². The number of nitrogens with zero attached hydrogens (tertiary/aromatic N) is 3. The van der Waals surface area contributed by atoms with Crippen LogP contribution in [-0.2, 0) is 6.42 Å². The molecule has 0 saturated carbocycles. The van der Waals surface area contributed by atoms with Gasteiger partial charge in [0.05, 0.1) is 11.5 Å². The summed E-state index contributed by atoms with van der Waals surface area (Å²) >= 11 is 1.60. The van der Waals surface area contributed by atoms with Crippen molar-refractivity contribution in [3.8, 4) is 33.3 Å². The number of thiophene rings is 1. The first-order chi connectivity index (χ1) is 15.2. The maximum atomic E-state index is 14.4. The van der Waals surface area contributed by atoms with Gasteiger partial charge in [-0.25, -0.2) is 18.4 Å². The van der Waals surface area contributed by atoms with Crippen molar-refractivity contribution in [2.75, 3.05) is 19.7 Å². The molecule has 6 rings (SSSR count). The van der Waals surface area contributed by atoms with E-state index >= 15 is 0 Å². The van der Waals surface area contributed by atoms with Crippen molar-refractivity contribution < 1.29 is 13.5 Å². The minimum absolute atomic E-state index is 0.167. The summed E-state index contributed by atoms with van der Waals surface area (Å²) in [4.78, 5) is 6.45. The van der Waals surface area contributed by atoms with Gasteiger partial charge in [0.25, 0.3) is 0 Å². The quantitative estimate of drug-likeness (QED) is 0.512. The van der Waals surface area contributed by atoms with Crippen LogP contribution in [0.3, 0.4) is 0 Å². The molecule has 0 bridgehead atoms. The van der Waals surface area contributed by atoms with E-state index in [1.54, 1.807) is 11.3 Å². The molecular formula is C23H18F2N4OS. The molecule has 0 aliphatic carbocycles. The molecule has 0 radical (unpaired) electrons. The fourth-order valence-corrected chi connectivity index (χ4v) is 5.24. The number of rotatable bonds is 3. The molecule has 2 aliphatic rings. The predicted molar refractivity (Wildman–Crippen MR) is 115 cm³/mol. The third kappa shape index (κ3) is 3.14. The maximum Gasteiger partial charge on any atom is 0.173 e. The summed E-state index contributed by atoms with van der Waals surface area (Å²) in [6, 6.07) is 12.0. The molecule has 2 aromatic heterocycles. The number of fused-ring (bicyclic) bond motifs is 3. The minimum Gasteiger partial charge on any atom is -0.493 e. The molecule has 8 heteroatoms. The van der Waals surface area contributed by atoms with E-state index < -0.39 is 11.6 Å². The largest absolute Gasteiger partial charge is 0.493 e. The third-order valence-corrected chi connectivity index (χ3v) is 7.04. The molecule has 5 nitrogen and oxygen atoms in total. The lowest BCUT2D eigenvalue weighted by molar-refractivity contribution is 0.326. The van der Waals surface area contributed by atoms with E-state index in [9.17, 15) is 8.78 Å². The van der Waals surface area contributed by atoms with Crippen LogP contribution < -0.4 is 10.1 Å². The Bertz CT molecular complexity index is 1290. The molecular weight excluding hydrogens is 418 g/mol. The molecule has 31 heavy (non-hydrogen) atoms. The summed E-state index contributed by atoms with van der Waals surface area (Å²) in [7, 11) is 0. The lowest BCUT2D eigenvalue weighted by atomic mass is 9.91. The van der Waals surface area contributed by atoms with Gasteiger partial charge in [0.1, 0.15) is 23.6 Å². The minimum atomic E-state index is -0.679. The van der Waals surface area contributed by atoms with Crippen LogP contribution in [-0.4, -0.2) is 34.5 Å². The third-order valence-electron chi connectivity index (χ3n) is 5.85. The second kappa shape index (κ2) is 7.25. The van der Waals surface area contributed by atoms with Crippen LogP contribution in [0.25, 0.3) is 27.5 Å². The van der Waals surface area contributed by atoms with Crippen molar-refractivity contribution in [3.05, 3.63) is 70.9 Å². The zero-order chi connectivity index (χ0) is 20.9. The molecule has 0 amide bonds. The van der Waals surface area contributed by atoms with Crippen LogP contribution in [0.4, 0.5) is 8.78 Å². The Morgan fingerprint density at radius 3 is 2.77 bits per heavy atom. The average Bonchev–Trinajstić information content (AvgIpc) is 3.31. The number of benzene rings is 2. The lowest BCUT2D eigenvalue weighted by Crippen LogP contribution is -2.39. The van der Waals surface area contributed by atoms with Crippen molar-refractivity contribution in [2.24, 2.45) is 0 Å². The second-order valence-corrected chi connectivity index (χ2v) is 8.88. The van der Waals surface area contributed by atoms with Crippen molar-refractivity contribution in [2.45, 2.75) is 12.3 Å². The van der Waals surface area contributed by atoms with Gasteiger partial charge in [0.15, 0.2) is 11.6 Å². The molecule has 0 unspecified atom stereocenters. The first kappa shape index (κ1) is 18.7. The first-order valence-corrected chi connectivity index (χ1v) is 11.0. The molecule has 1 saturated heterocycles.